The third-order valence-electron chi connectivity index (χ3n) is 3.28. The average Bonchev–Trinajstić information content (AvgIpc) is 2.36. The monoisotopic (exact) mass is 310 g/mol. The van der Waals surface area contributed by atoms with E-state index in [9.17, 15) is 21.6 Å². The molecule has 1 aromatic rings. The highest BCUT2D eigenvalue weighted by Crippen LogP contribution is 2.38. The smallest absolute Gasteiger partial charge is 0.303 e. The van der Waals surface area contributed by atoms with Crippen molar-refractivity contribution >= 4 is 10.0 Å². The number of hydrogen-bond donors (Lipinski definition) is 1. The first-order chi connectivity index (χ1) is 8.96. The van der Waals surface area contributed by atoms with Crippen molar-refractivity contribution in [2.45, 2.75) is 23.5 Å². The first kappa shape index (κ1) is 16.9. The van der Waals surface area contributed by atoms with Gasteiger partial charge in [-0.15, -0.1) is 0 Å². The Morgan fingerprint density at radius 3 is 1.85 bits per heavy atom. The summed E-state index contributed by atoms with van der Waals surface area (Å²) >= 11 is 0. The molecule has 0 spiro atoms. The Morgan fingerprint density at radius 1 is 1.10 bits per heavy atom. The molecule has 1 atom stereocenters. The molecule has 114 valence electrons. The second kappa shape index (κ2) is 5.34. The topological polar surface area (TPSA) is 49.4 Å². The fraction of sp³-hybridized carbons (Fsp3) is 0.500. The molecule has 0 heterocycles. The predicted octanol–water partition coefficient (Wildman–Crippen LogP) is 1.93. The lowest BCUT2D eigenvalue weighted by molar-refractivity contribution is -0.193. The number of alkyl halides is 3. The highest BCUT2D eigenvalue weighted by molar-refractivity contribution is 7.89. The summed E-state index contributed by atoms with van der Waals surface area (Å²) in [6.45, 7) is 1.00. The van der Waals surface area contributed by atoms with E-state index >= 15 is 0 Å². The van der Waals surface area contributed by atoms with E-state index in [1.165, 1.54) is 45.4 Å². The van der Waals surface area contributed by atoms with E-state index in [2.05, 4.69) is 5.32 Å². The van der Waals surface area contributed by atoms with Gasteiger partial charge >= 0.3 is 6.18 Å². The molecule has 1 rings (SSSR count). The van der Waals surface area contributed by atoms with Gasteiger partial charge in [-0.1, -0.05) is 12.1 Å². The number of nitrogens with zero attached hydrogens (tertiary/aromatic N) is 1. The van der Waals surface area contributed by atoms with Crippen molar-refractivity contribution in [3.05, 3.63) is 29.8 Å². The van der Waals surface area contributed by atoms with Crippen molar-refractivity contribution in [2.24, 2.45) is 0 Å². The van der Waals surface area contributed by atoms with Gasteiger partial charge in [-0.05, 0) is 31.7 Å². The minimum atomic E-state index is -4.50. The largest absolute Gasteiger partial charge is 0.410 e. The third kappa shape index (κ3) is 2.82. The highest BCUT2D eigenvalue weighted by Gasteiger charge is 2.51. The zero-order valence-electron chi connectivity index (χ0n) is 11.6. The minimum Gasteiger partial charge on any atom is -0.303 e. The van der Waals surface area contributed by atoms with Crippen LogP contribution >= 0.6 is 0 Å². The van der Waals surface area contributed by atoms with Crippen molar-refractivity contribution in [1.82, 2.24) is 9.62 Å². The molecule has 1 aromatic carbocycles. The van der Waals surface area contributed by atoms with Gasteiger partial charge in [-0.2, -0.15) is 13.2 Å². The van der Waals surface area contributed by atoms with Crippen molar-refractivity contribution in [3.63, 3.8) is 0 Å². The SMILES string of the molecule is CNC(C)(c1ccc(S(=O)(=O)N(C)C)cc1)C(F)(F)F. The lowest BCUT2D eigenvalue weighted by atomic mass is 9.91. The molecule has 0 aliphatic heterocycles. The summed E-state index contributed by atoms with van der Waals surface area (Å²) in [5.41, 5.74) is -2.28. The Hall–Kier alpha value is -1.12. The number of benzene rings is 1. The van der Waals surface area contributed by atoms with E-state index in [1.807, 2.05) is 0 Å². The van der Waals surface area contributed by atoms with Crippen LogP contribution in [-0.4, -0.2) is 40.0 Å². The van der Waals surface area contributed by atoms with Crippen molar-refractivity contribution in [1.29, 1.82) is 0 Å². The molecule has 8 heteroatoms. The quantitative estimate of drug-likeness (QED) is 0.924. The molecule has 0 aliphatic rings. The van der Waals surface area contributed by atoms with Crippen molar-refractivity contribution < 1.29 is 21.6 Å². The number of sulfonamides is 1. The average molecular weight is 310 g/mol. The maximum atomic E-state index is 13.1. The van der Waals surface area contributed by atoms with Gasteiger partial charge in [0, 0.05) is 14.1 Å². The zero-order valence-corrected chi connectivity index (χ0v) is 12.4. The second-order valence-electron chi connectivity index (χ2n) is 4.68. The molecule has 0 saturated carbocycles. The molecule has 0 bridgehead atoms. The lowest BCUT2D eigenvalue weighted by Crippen LogP contribution is -2.49. The van der Waals surface area contributed by atoms with Crippen LogP contribution in [0.1, 0.15) is 12.5 Å². The molecule has 0 aliphatic carbocycles. The van der Waals surface area contributed by atoms with E-state index in [1.54, 1.807) is 0 Å². The Kier molecular flexibility index (Phi) is 4.52. The summed E-state index contributed by atoms with van der Waals surface area (Å²) in [6.07, 6.45) is -4.50. The normalized spacial score (nSPS) is 16.2. The second-order valence-corrected chi connectivity index (χ2v) is 6.84. The Labute approximate surface area is 116 Å². The molecule has 0 aromatic heterocycles. The minimum absolute atomic E-state index is 0.0492. The number of hydrogen-bond acceptors (Lipinski definition) is 3. The molecule has 0 radical (unpaired) electrons. The summed E-state index contributed by atoms with van der Waals surface area (Å²) in [6, 6.07) is 4.68. The standard InChI is InChI=1S/C12H17F3N2O2S/c1-11(16-2,12(13,14)15)9-5-7-10(8-6-9)20(18,19)17(3)4/h5-8,16H,1-4H3. The van der Waals surface area contributed by atoms with Crippen LogP contribution in [-0.2, 0) is 15.6 Å². The van der Waals surface area contributed by atoms with E-state index in [-0.39, 0.29) is 10.5 Å². The Balaban J connectivity index is 3.28. The summed E-state index contributed by atoms with van der Waals surface area (Å²) in [7, 11) is 0.272. The first-order valence-corrected chi connectivity index (χ1v) is 7.19. The van der Waals surface area contributed by atoms with Gasteiger partial charge in [0.2, 0.25) is 10.0 Å². The van der Waals surface area contributed by atoms with Crippen molar-refractivity contribution in [2.75, 3.05) is 21.1 Å². The predicted molar refractivity (Wildman–Crippen MR) is 69.8 cm³/mol. The molecule has 0 amide bonds. The van der Waals surface area contributed by atoms with Gasteiger partial charge < -0.3 is 5.32 Å². The molecule has 4 nitrogen and oxygen atoms in total. The van der Waals surface area contributed by atoms with Crippen LogP contribution in [0.4, 0.5) is 13.2 Å². The van der Waals surface area contributed by atoms with Crippen LogP contribution in [0.25, 0.3) is 0 Å². The molecular weight excluding hydrogens is 293 g/mol. The van der Waals surface area contributed by atoms with Gasteiger partial charge in [-0.3, -0.25) is 0 Å². The van der Waals surface area contributed by atoms with Crippen LogP contribution in [0.15, 0.2) is 29.2 Å². The Bertz CT molecular complexity index is 567. The van der Waals surface area contributed by atoms with Gasteiger partial charge in [0.05, 0.1) is 4.90 Å². The van der Waals surface area contributed by atoms with Gasteiger partial charge in [0.25, 0.3) is 0 Å². The van der Waals surface area contributed by atoms with E-state index in [4.69, 9.17) is 0 Å². The summed E-state index contributed by atoms with van der Waals surface area (Å²) in [4.78, 5) is -0.0492. The zero-order chi connectivity index (χ0) is 15.8. The summed E-state index contributed by atoms with van der Waals surface area (Å²) < 4.78 is 63.9. The van der Waals surface area contributed by atoms with Crippen LogP contribution in [0.3, 0.4) is 0 Å². The number of nitrogens with one attached hydrogen (secondary N) is 1. The molecule has 1 N–H and O–H groups in total. The maximum Gasteiger partial charge on any atom is 0.410 e. The summed E-state index contributed by atoms with van der Waals surface area (Å²) in [5.74, 6) is 0. The molecular formula is C12H17F3N2O2S. The van der Waals surface area contributed by atoms with Crippen molar-refractivity contribution in [3.8, 4) is 0 Å². The third-order valence-corrected chi connectivity index (χ3v) is 5.11. The molecule has 0 fully saturated rings. The first-order valence-electron chi connectivity index (χ1n) is 5.75. The van der Waals surface area contributed by atoms with E-state index < -0.39 is 21.7 Å². The van der Waals surface area contributed by atoms with Crippen LogP contribution in [0.5, 0.6) is 0 Å². The fourth-order valence-electron chi connectivity index (χ4n) is 1.62. The van der Waals surface area contributed by atoms with E-state index in [0.717, 1.165) is 11.2 Å². The molecule has 1 unspecified atom stereocenters. The number of halogens is 3. The maximum absolute atomic E-state index is 13.1. The lowest BCUT2D eigenvalue weighted by Gasteiger charge is -2.32. The van der Waals surface area contributed by atoms with Crippen LogP contribution in [0.2, 0.25) is 0 Å². The number of rotatable bonds is 4. The summed E-state index contributed by atoms with van der Waals surface area (Å²) in [5, 5.41) is 2.23. The van der Waals surface area contributed by atoms with Gasteiger partial charge in [-0.25, -0.2) is 12.7 Å². The Morgan fingerprint density at radius 2 is 1.55 bits per heavy atom. The van der Waals surface area contributed by atoms with Gasteiger partial charge in [0.1, 0.15) is 5.54 Å². The highest BCUT2D eigenvalue weighted by atomic mass is 32.2. The fourth-order valence-corrected chi connectivity index (χ4v) is 2.52. The molecule has 20 heavy (non-hydrogen) atoms. The van der Waals surface area contributed by atoms with Crippen LogP contribution < -0.4 is 5.32 Å². The van der Waals surface area contributed by atoms with Gasteiger partial charge in [0.15, 0.2) is 0 Å². The van der Waals surface area contributed by atoms with E-state index in [0.29, 0.717) is 0 Å². The van der Waals surface area contributed by atoms with Crippen LogP contribution in [0, 0.1) is 0 Å². The molecule has 0 saturated heterocycles.